The average molecular weight is 430 g/mol. The number of nitrogens with zero attached hydrogens (tertiary/aromatic N) is 1. The highest BCUT2D eigenvalue weighted by Gasteiger charge is 2.31. The van der Waals surface area contributed by atoms with Crippen LogP contribution in [0.3, 0.4) is 0 Å². The normalized spacial score (nSPS) is 11.4. The minimum absolute atomic E-state index is 0.190. The summed E-state index contributed by atoms with van der Waals surface area (Å²) in [7, 11) is 0. The van der Waals surface area contributed by atoms with Crippen LogP contribution in [0.4, 0.5) is 22.0 Å². The minimum atomic E-state index is -4.70. The zero-order valence-corrected chi connectivity index (χ0v) is 14.9. The molecule has 2 aromatic carbocycles. The molecular weight excluding hydrogens is 421 g/mol. The molecule has 1 heterocycles. The molecule has 3 rings (SSSR count). The smallest absolute Gasteiger partial charge is 0.416 e. The first-order valence-corrected chi connectivity index (χ1v) is 8.19. The molecule has 0 bridgehead atoms. The van der Waals surface area contributed by atoms with Crippen LogP contribution < -0.4 is 4.74 Å². The van der Waals surface area contributed by atoms with Gasteiger partial charge in [-0.3, -0.25) is 0 Å². The lowest BCUT2D eigenvalue weighted by Crippen LogP contribution is -2.06. The summed E-state index contributed by atoms with van der Waals surface area (Å²) in [4.78, 5) is 15.3. The Morgan fingerprint density at radius 2 is 1.79 bits per heavy atom. The first kappa shape index (κ1) is 20.5. The number of carboxylic acids is 1. The van der Waals surface area contributed by atoms with Crippen LogP contribution >= 0.6 is 11.6 Å². The molecule has 10 heteroatoms. The lowest BCUT2D eigenvalue weighted by molar-refractivity contribution is -0.137. The number of aromatic nitrogens is 1. The second kappa shape index (κ2) is 7.67. The molecule has 0 fully saturated rings. The van der Waals surface area contributed by atoms with Crippen molar-refractivity contribution >= 4 is 17.6 Å². The van der Waals surface area contributed by atoms with E-state index in [1.165, 1.54) is 12.1 Å². The van der Waals surface area contributed by atoms with Crippen molar-refractivity contribution in [1.29, 1.82) is 0 Å². The highest BCUT2D eigenvalue weighted by Crippen LogP contribution is 2.37. The Morgan fingerprint density at radius 1 is 1.07 bits per heavy atom. The zero-order chi connectivity index (χ0) is 21.3. The van der Waals surface area contributed by atoms with E-state index < -0.39 is 46.5 Å². The molecule has 0 unspecified atom stereocenters. The topological polar surface area (TPSA) is 59.4 Å². The van der Waals surface area contributed by atoms with Crippen LogP contribution in [0.1, 0.15) is 15.9 Å². The third kappa shape index (κ3) is 4.29. The van der Waals surface area contributed by atoms with Crippen LogP contribution in [-0.2, 0) is 6.18 Å². The molecule has 0 aliphatic heterocycles. The van der Waals surface area contributed by atoms with E-state index in [9.17, 15) is 31.9 Å². The molecule has 1 aromatic heterocycles. The number of ether oxygens (including phenoxy) is 1. The van der Waals surface area contributed by atoms with Crippen molar-refractivity contribution in [2.45, 2.75) is 6.18 Å². The quantitative estimate of drug-likeness (QED) is 0.502. The molecule has 0 saturated carbocycles. The van der Waals surface area contributed by atoms with Gasteiger partial charge in [-0.2, -0.15) is 13.2 Å². The summed E-state index contributed by atoms with van der Waals surface area (Å²) in [5.74, 6) is -5.03. The Bertz CT molecular complexity index is 1100. The van der Waals surface area contributed by atoms with Gasteiger partial charge in [0.15, 0.2) is 11.6 Å². The predicted molar refractivity (Wildman–Crippen MR) is 93.1 cm³/mol. The van der Waals surface area contributed by atoms with Crippen molar-refractivity contribution in [2.24, 2.45) is 0 Å². The molecule has 0 aliphatic rings. The van der Waals surface area contributed by atoms with Gasteiger partial charge >= 0.3 is 12.1 Å². The molecule has 150 valence electrons. The van der Waals surface area contributed by atoms with Gasteiger partial charge in [-0.25, -0.2) is 18.6 Å². The van der Waals surface area contributed by atoms with Crippen molar-refractivity contribution in [2.75, 3.05) is 0 Å². The van der Waals surface area contributed by atoms with Gasteiger partial charge in [0, 0.05) is 5.56 Å². The van der Waals surface area contributed by atoms with Gasteiger partial charge in [0.25, 0.3) is 0 Å². The number of rotatable bonds is 4. The number of hydrogen-bond acceptors (Lipinski definition) is 3. The van der Waals surface area contributed by atoms with Crippen LogP contribution in [0.25, 0.3) is 11.3 Å². The maximum Gasteiger partial charge on any atom is 0.416 e. The van der Waals surface area contributed by atoms with Gasteiger partial charge in [0.05, 0.1) is 16.3 Å². The monoisotopic (exact) mass is 429 g/mol. The van der Waals surface area contributed by atoms with Gasteiger partial charge in [0.1, 0.15) is 11.3 Å². The summed E-state index contributed by atoms with van der Waals surface area (Å²) in [5, 5.41) is 9.05. The number of aromatic carboxylic acids is 1. The molecular formula is C19H9ClF5NO3. The van der Waals surface area contributed by atoms with E-state index in [2.05, 4.69) is 4.98 Å². The Kier molecular flexibility index (Phi) is 5.43. The lowest BCUT2D eigenvalue weighted by Gasteiger charge is -2.13. The molecule has 0 aliphatic carbocycles. The SMILES string of the molecule is O=C(O)c1ccc(-c2cccc(F)c2F)nc1Oc1cc(C(F)(F)F)ccc1Cl. The van der Waals surface area contributed by atoms with Crippen molar-refractivity contribution < 1.29 is 36.6 Å². The summed E-state index contributed by atoms with van der Waals surface area (Å²) in [6.07, 6.45) is -4.70. The highest BCUT2D eigenvalue weighted by atomic mass is 35.5. The Balaban J connectivity index is 2.11. The van der Waals surface area contributed by atoms with Gasteiger partial charge in [0.2, 0.25) is 5.88 Å². The molecule has 0 amide bonds. The van der Waals surface area contributed by atoms with Crippen LogP contribution in [0.2, 0.25) is 5.02 Å². The number of benzene rings is 2. The lowest BCUT2D eigenvalue weighted by atomic mass is 10.1. The van der Waals surface area contributed by atoms with Crippen molar-refractivity contribution in [3.63, 3.8) is 0 Å². The fraction of sp³-hybridized carbons (Fsp3) is 0.0526. The van der Waals surface area contributed by atoms with Crippen LogP contribution in [0.5, 0.6) is 11.6 Å². The van der Waals surface area contributed by atoms with Crippen LogP contribution in [-0.4, -0.2) is 16.1 Å². The molecule has 29 heavy (non-hydrogen) atoms. The average Bonchev–Trinajstić information content (AvgIpc) is 2.64. The van der Waals surface area contributed by atoms with Crippen LogP contribution in [0.15, 0.2) is 48.5 Å². The fourth-order valence-electron chi connectivity index (χ4n) is 2.39. The molecule has 1 N–H and O–H groups in total. The number of halogens is 6. The van der Waals surface area contributed by atoms with E-state index in [-0.39, 0.29) is 16.3 Å². The number of carbonyl (C=O) groups is 1. The molecule has 4 nitrogen and oxygen atoms in total. The van der Waals surface area contributed by atoms with Gasteiger partial charge in [-0.15, -0.1) is 0 Å². The van der Waals surface area contributed by atoms with Crippen molar-refractivity contribution in [3.05, 3.63) is 76.3 Å². The van der Waals surface area contributed by atoms with Crippen LogP contribution in [0, 0.1) is 11.6 Å². The number of carboxylic acid groups (broad SMARTS) is 1. The standard InChI is InChI=1S/C19H9ClF5NO3/c20-12-6-4-9(19(23,24)25)8-15(12)29-17-11(18(27)28)5-7-14(26-17)10-2-1-3-13(21)16(10)22/h1-8H,(H,27,28). The van der Waals surface area contributed by atoms with E-state index in [0.717, 1.165) is 30.3 Å². The summed E-state index contributed by atoms with van der Waals surface area (Å²) in [6, 6.07) is 7.63. The predicted octanol–water partition coefficient (Wildman–Crippen LogP) is 6.19. The fourth-order valence-corrected chi connectivity index (χ4v) is 2.55. The Morgan fingerprint density at radius 3 is 2.45 bits per heavy atom. The Labute approximate surface area is 165 Å². The molecule has 0 radical (unpaired) electrons. The number of pyridine rings is 1. The number of alkyl halides is 3. The second-order valence-corrected chi connectivity index (χ2v) is 6.11. The van der Waals surface area contributed by atoms with Crippen molar-refractivity contribution in [3.8, 4) is 22.9 Å². The Hall–Kier alpha value is -3.20. The minimum Gasteiger partial charge on any atom is -0.477 e. The highest BCUT2D eigenvalue weighted by molar-refractivity contribution is 6.32. The summed E-state index contributed by atoms with van der Waals surface area (Å²) < 4.78 is 71.5. The van der Waals surface area contributed by atoms with Gasteiger partial charge in [-0.05, 0) is 42.5 Å². The zero-order valence-electron chi connectivity index (χ0n) is 14.1. The summed E-state index contributed by atoms with van der Waals surface area (Å²) >= 11 is 5.85. The van der Waals surface area contributed by atoms with E-state index >= 15 is 0 Å². The first-order valence-electron chi connectivity index (χ1n) is 7.81. The largest absolute Gasteiger partial charge is 0.477 e. The van der Waals surface area contributed by atoms with E-state index in [1.54, 1.807) is 0 Å². The molecule has 0 spiro atoms. The molecule has 0 saturated heterocycles. The van der Waals surface area contributed by atoms with E-state index in [1.807, 2.05) is 0 Å². The number of hydrogen-bond donors (Lipinski definition) is 1. The van der Waals surface area contributed by atoms with Gasteiger partial charge < -0.3 is 9.84 Å². The van der Waals surface area contributed by atoms with Crippen molar-refractivity contribution in [1.82, 2.24) is 4.98 Å². The van der Waals surface area contributed by atoms with Gasteiger partial charge in [-0.1, -0.05) is 17.7 Å². The second-order valence-electron chi connectivity index (χ2n) is 5.70. The maximum atomic E-state index is 14.0. The summed E-state index contributed by atoms with van der Waals surface area (Å²) in [6.45, 7) is 0. The summed E-state index contributed by atoms with van der Waals surface area (Å²) in [5.41, 5.74) is -2.08. The van der Waals surface area contributed by atoms with E-state index in [0.29, 0.717) is 6.07 Å². The third-order valence-electron chi connectivity index (χ3n) is 3.78. The van der Waals surface area contributed by atoms with E-state index in [4.69, 9.17) is 16.3 Å². The maximum absolute atomic E-state index is 14.0. The molecule has 3 aromatic rings. The molecule has 0 atom stereocenters. The first-order chi connectivity index (χ1) is 13.6. The third-order valence-corrected chi connectivity index (χ3v) is 4.10.